The Bertz CT molecular complexity index is 270. The van der Waals surface area contributed by atoms with Crippen molar-refractivity contribution in [1.82, 2.24) is 8.25 Å². The molecule has 2 atom stereocenters. The van der Waals surface area contributed by atoms with E-state index in [-0.39, 0.29) is 11.4 Å². The van der Waals surface area contributed by atoms with Crippen LogP contribution in [0, 0.1) is 5.92 Å². The second-order valence-electron chi connectivity index (χ2n) is 3.87. The Balaban J connectivity index is 1.85. The van der Waals surface area contributed by atoms with Crippen molar-refractivity contribution in [2.75, 3.05) is 0 Å². The molecule has 2 rings (SSSR count). The molecule has 1 amide bonds. The normalized spacial score (nSPS) is 35.1. The zero-order valence-electron chi connectivity index (χ0n) is 7.79. The number of halogens is 1. The van der Waals surface area contributed by atoms with Crippen LogP contribution in [0.25, 0.3) is 0 Å². The Hall–Kier alpha value is 0.250. The van der Waals surface area contributed by atoms with E-state index in [1.54, 1.807) is 34.8 Å². The fourth-order valence-corrected chi connectivity index (χ4v) is 3.17. The molecule has 0 aromatic carbocycles. The third kappa shape index (κ3) is 1.94. The molecule has 0 heterocycles. The Morgan fingerprint density at radius 2 is 2.36 bits per heavy atom. The van der Waals surface area contributed by atoms with Crippen molar-refractivity contribution in [3.8, 4) is 0 Å². The van der Waals surface area contributed by atoms with Crippen molar-refractivity contribution in [1.29, 1.82) is 0 Å². The van der Waals surface area contributed by atoms with E-state index in [9.17, 15) is 4.79 Å². The van der Waals surface area contributed by atoms with Crippen molar-refractivity contribution < 1.29 is 27.7 Å². The molecule has 2 aliphatic rings. The summed E-state index contributed by atoms with van der Waals surface area (Å²) in [5, 5.41) is 0.662. The minimum Gasteiger partial charge on any atom is -0.298 e. The fraction of sp³-hybridized carbons (Fsp3) is 0.667. The van der Waals surface area contributed by atoms with E-state index >= 15 is 0 Å². The van der Waals surface area contributed by atoms with Gasteiger partial charge in [0.2, 0.25) is 0 Å². The molecule has 2 aliphatic carbocycles. The molecule has 3 nitrogen and oxygen atoms in total. The quantitative estimate of drug-likeness (QED) is 0.257. The Labute approximate surface area is 102 Å². The second kappa shape index (κ2) is 4.02. The molecule has 0 aromatic rings. The number of carbonyl (C=O) groups is 1. The molecule has 2 saturated carbocycles. The van der Waals surface area contributed by atoms with Crippen LogP contribution in [-0.4, -0.2) is 16.7 Å². The van der Waals surface area contributed by atoms with Gasteiger partial charge in [-0.1, -0.05) is 9.61 Å². The number of nitrogens with one attached hydrogen (secondary N) is 2. The lowest BCUT2D eigenvalue weighted by atomic mass is 10.2. The predicted molar refractivity (Wildman–Crippen MR) is 54.3 cm³/mol. The SMILES string of the molecule is C=CC1CC1(N[IH+])C(=O)NSC1CC1. The maximum atomic E-state index is 11.8. The molecule has 0 saturated heterocycles. The Morgan fingerprint density at radius 3 is 2.79 bits per heavy atom. The summed E-state index contributed by atoms with van der Waals surface area (Å²) >= 11 is 3.34. The van der Waals surface area contributed by atoms with Gasteiger partial charge in [0, 0.05) is 11.2 Å². The molecule has 0 radical (unpaired) electrons. The zero-order chi connectivity index (χ0) is 10.2. The minimum atomic E-state index is -0.353. The van der Waals surface area contributed by atoms with Crippen molar-refractivity contribution in [3.63, 3.8) is 0 Å². The van der Waals surface area contributed by atoms with Crippen LogP contribution in [0.2, 0.25) is 0 Å². The highest BCUT2D eigenvalue weighted by molar-refractivity contribution is 7.98. The molecule has 0 aromatic heterocycles. The Kier molecular flexibility index (Phi) is 3.09. The molecule has 5 heteroatoms. The highest BCUT2D eigenvalue weighted by Gasteiger charge is 2.61. The highest BCUT2D eigenvalue weighted by Crippen LogP contribution is 2.44. The van der Waals surface area contributed by atoms with Crippen LogP contribution in [0.3, 0.4) is 0 Å². The van der Waals surface area contributed by atoms with E-state index in [2.05, 4.69) is 14.8 Å². The van der Waals surface area contributed by atoms with E-state index in [0.29, 0.717) is 11.2 Å². The molecule has 0 bridgehead atoms. The molecule has 0 aliphatic heterocycles. The van der Waals surface area contributed by atoms with E-state index in [0.717, 1.165) is 6.42 Å². The molecule has 2 unspecified atom stereocenters. The monoisotopic (exact) mass is 325 g/mol. The zero-order valence-corrected chi connectivity index (χ0v) is 10.9. The second-order valence-corrected chi connectivity index (χ2v) is 5.56. The number of carbonyl (C=O) groups excluding carboxylic acids is 1. The predicted octanol–water partition coefficient (Wildman–Crippen LogP) is -2.35. The smallest absolute Gasteiger partial charge is 0.298 e. The maximum absolute atomic E-state index is 11.8. The van der Waals surface area contributed by atoms with E-state index in [1.165, 1.54) is 12.8 Å². The summed E-state index contributed by atoms with van der Waals surface area (Å²) in [5.74, 6) is 0.416. The van der Waals surface area contributed by atoms with Crippen LogP contribution in [0.5, 0.6) is 0 Å². The van der Waals surface area contributed by atoms with Crippen LogP contribution in [-0.2, 0) is 4.79 Å². The van der Waals surface area contributed by atoms with Crippen LogP contribution in [0.4, 0.5) is 0 Å². The van der Waals surface area contributed by atoms with Gasteiger partial charge in [0.1, 0.15) is 5.54 Å². The topological polar surface area (TPSA) is 41.1 Å². The summed E-state index contributed by atoms with van der Waals surface area (Å²) in [4.78, 5) is 11.8. The molecule has 2 N–H and O–H groups in total. The first kappa shape index (κ1) is 10.8. The molecule has 2 fully saturated rings. The van der Waals surface area contributed by atoms with Crippen molar-refractivity contribution in [2.45, 2.75) is 30.1 Å². The van der Waals surface area contributed by atoms with Gasteiger partial charge < -0.3 is 0 Å². The van der Waals surface area contributed by atoms with E-state index in [1.807, 2.05) is 6.08 Å². The largest absolute Gasteiger partial charge is 0.368 e. The average Bonchev–Trinajstić information content (AvgIpc) is 3.08. The average molecular weight is 325 g/mol. The third-order valence-electron chi connectivity index (χ3n) is 2.73. The van der Waals surface area contributed by atoms with E-state index in [4.69, 9.17) is 0 Å². The van der Waals surface area contributed by atoms with Crippen LogP contribution in [0.15, 0.2) is 12.7 Å². The molecule has 0 spiro atoms. The fourth-order valence-electron chi connectivity index (χ4n) is 1.41. The minimum absolute atomic E-state index is 0.115. The van der Waals surface area contributed by atoms with Gasteiger partial charge in [-0.3, -0.25) is 9.52 Å². The number of amides is 1. The first-order valence-corrected chi connectivity index (χ1v) is 6.75. The maximum Gasteiger partial charge on any atom is 0.368 e. The van der Waals surface area contributed by atoms with Crippen LogP contribution >= 0.6 is 11.9 Å². The number of rotatable bonds is 5. The highest BCUT2D eigenvalue weighted by atomic mass is 127. The van der Waals surface area contributed by atoms with E-state index < -0.39 is 0 Å². The van der Waals surface area contributed by atoms with Crippen LogP contribution < -0.4 is 31.1 Å². The number of hydrogen-bond acceptors (Lipinski definition) is 3. The van der Waals surface area contributed by atoms with Crippen molar-refractivity contribution in [3.05, 3.63) is 12.7 Å². The van der Waals surface area contributed by atoms with Crippen molar-refractivity contribution in [2.24, 2.45) is 5.92 Å². The van der Waals surface area contributed by atoms with Gasteiger partial charge in [-0.25, -0.2) is 0 Å². The summed E-state index contributed by atoms with van der Waals surface area (Å²) < 4.78 is 6.04. The summed E-state index contributed by atoms with van der Waals surface area (Å²) in [6.45, 7) is 3.73. The van der Waals surface area contributed by atoms with Gasteiger partial charge in [0.05, 0.1) is 0 Å². The summed E-state index contributed by atoms with van der Waals surface area (Å²) in [7, 11) is 0. The Morgan fingerprint density at radius 1 is 1.64 bits per heavy atom. The van der Waals surface area contributed by atoms with Gasteiger partial charge in [0.25, 0.3) is 5.91 Å². The van der Waals surface area contributed by atoms with Gasteiger partial charge in [-0.2, -0.15) is 0 Å². The lowest BCUT2D eigenvalue weighted by Crippen LogP contribution is -3.43. The lowest BCUT2D eigenvalue weighted by Gasteiger charge is -2.09. The van der Waals surface area contributed by atoms with Crippen molar-refractivity contribution >= 4 is 17.9 Å². The van der Waals surface area contributed by atoms with Gasteiger partial charge >= 0.3 is 22.9 Å². The number of hydrogen-bond donors (Lipinski definition) is 2. The van der Waals surface area contributed by atoms with Gasteiger partial charge in [0.15, 0.2) is 0 Å². The molecular weight excluding hydrogens is 311 g/mol. The third-order valence-corrected chi connectivity index (χ3v) is 4.88. The molecule has 78 valence electrons. The van der Waals surface area contributed by atoms with Gasteiger partial charge in [-0.05, 0) is 31.2 Å². The summed E-state index contributed by atoms with van der Waals surface area (Å²) in [6.07, 6.45) is 5.22. The van der Waals surface area contributed by atoms with Gasteiger partial charge in [-0.15, -0.1) is 6.58 Å². The first-order valence-electron chi connectivity index (χ1n) is 4.71. The standard InChI is InChI=1S/C9H13IN2OS/c1-2-6-5-9(6,12-10)8(13)11-14-7-3-4-7/h2,6-7,10,12H,1,3-5H2/p+1. The van der Waals surface area contributed by atoms with Crippen LogP contribution in [0.1, 0.15) is 19.3 Å². The summed E-state index contributed by atoms with van der Waals surface area (Å²) in [5.41, 5.74) is -0.353. The summed E-state index contributed by atoms with van der Waals surface area (Å²) in [6, 6.07) is 0. The molecular formula is C9H14IN2OS+. The lowest BCUT2D eigenvalue weighted by molar-refractivity contribution is -0.452. The first-order chi connectivity index (χ1) is 6.73. The molecule has 14 heavy (non-hydrogen) atoms.